The van der Waals surface area contributed by atoms with Crippen LogP contribution < -0.4 is 0 Å². The zero-order chi connectivity index (χ0) is 20.6. The Hall–Kier alpha value is -2.38. The van der Waals surface area contributed by atoms with E-state index in [0.717, 1.165) is 35.6 Å². The highest BCUT2D eigenvalue weighted by Gasteiger charge is 2.31. The number of nitrogens with one attached hydrogen (secondary N) is 1. The van der Waals surface area contributed by atoms with Gasteiger partial charge < -0.3 is 4.42 Å². The number of hydrogen-bond acceptors (Lipinski definition) is 4. The van der Waals surface area contributed by atoms with Crippen LogP contribution in [0.25, 0.3) is 11.5 Å². The van der Waals surface area contributed by atoms with Gasteiger partial charge >= 0.3 is 0 Å². The van der Waals surface area contributed by atoms with Crippen LogP contribution >= 0.6 is 0 Å². The molecule has 0 saturated carbocycles. The average molecular weight is 414 g/mol. The minimum atomic E-state index is -3.47. The van der Waals surface area contributed by atoms with Gasteiger partial charge in [0.15, 0.2) is 5.76 Å². The fourth-order valence-electron chi connectivity index (χ4n) is 3.78. The Morgan fingerprint density at radius 1 is 1.10 bits per heavy atom. The lowest BCUT2D eigenvalue weighted by Gasteiger charge is -2.30. The number of furan rings is 1. The van der Waals surface area contributed by atoms with E-state index in [-0.39, 0.29) is 11.3 Å². The Morgan fingerprint density at radius 2 is 1.79 bits per heavy atom. The Kier molecular flexibility index (Phi) is 5.12. The lowest BCUT2D eigenvalue weighted by Crippen LogP contribution is -2.38. The summed E-state index contributed by atoms with van der Waals surface area (Å²) in [6.45, 7) is 7.36. The average Bonchev–Trinajstić information content (AvgIpc) is 3.39. The van der Waals surface area contributed by atoms with Gasteiger partial charge in [-0.15, -0.1) is 0 Å². The molecule has 0 amide bonds. The third-order valence-corrected chi connectivity index (χ3v) is 7.54. The van der Waals surface area contributed by atoms with Crippen LogP contribution in [-0.2, 0) is 15.4 Å². The highest BCUT2D eigenvalue weighted by molar-refractivity contribution is 7.89. The number of hydrogen-bond donors (Lipinski definition) is 1. The first-order valence-electron chi connectivity index (χ1n) is 9.95. The summed E-state index contributed by atoms with van der Waals surface area (Å²) < 4.78 is 33.1. The summed E-state index contributed by atoms with van der Waals surface area (Å²) in [5, 5.41) is 7.42. The SMILES string of the molecule is CC(C)(C)c1ccc(S(=O)(=O)N2CCC(c3cc(-c4ccco4)n[nH]3)CC2)cc1. The molecule has 1 aliphatic rings. The second-order valence-corrected chi connectivity index (χ2v) is 10.6. The standard InChI is InChI=1S/C22H27N3O3S/c1-22(2,3)17-6-8-18(9-7-17)29(26,27)25-12-10-16(11-13-25)19-15-20(24-23-19)21-5-4-14-28-21/h4-9,14-16H,10-13H2,1-3H3,(H,23,24). The molecule has 1 aromatic carbocycles. The van der Waals surface area contributed by atoms with Crippen LogP contribution in [0.5, 0.6) is 0 Å². The van der Waals surface area contributed by atoms with Crippen LogP contribution in [0.1, 0.15) is 50.8 Å². The molecule has 0 atom stereocenters. The van der Waals surface area contributed by atoms with Gasteiger partial charge in [-0.3, -0.25) is 5.10 Å². The van der Waals surface area contributed by atoms with Crippen LogP contribution in [0.15, 0.2) is 58.0 Å². The molecule has 29 heavy (non-hydrogen) atoms. The summed E-state index contributed by atoms with van der Waals surface area (Å²) in [6, 6.07) is 13.0. The summed E-state index contributed by atoms with van der Waals surface area (Å²) >= 11 is 0. The number of benzene rings is 1. The van der Waals surface area contributed by atoms with E-state index in [9.17, 15) is 8.42 Å². The topological polar surface area (TPSA) is 79.2 Å². The number of nitrogens with zero attached hydrogens (tertiary/aromatic N) is 2. The molecule has 1 aliphatic heterocycles. The van der Waals surface area contributed by atoms with Crippen molar-refractivity contribution in [2.75, 3.05) is 13.1 Å². The van der Waals surface area contributed by atoms with Gasteiger partial charge in [-0.1, -0.05) is 32.9 Å². The number of aromatic nitrogens is 2. The fraction of sp³-hybridized carbons (Fsp3) is 0.409. The molecular formula is C22H27N3O3S. The van der Waals surface area contributed by atoms with Crippen molar-refractivity contribution in [3.63, 3.8) is 0 Å². The number of sulfonamides is 1. The second-order valence-electron chi connectivity index (χ2n) is 8.64. The second kappa shape index (κ2) is 7.46. The zero-order valence-corrected chi connectivity index (χ0v) is 17.9. The third-order valence-electron chi connectivity index (χ3n) is 5.62. The molecule has 0 bridgehead atoms. The highest BCUT2D eigenvalue weighted by atomic mass is 32.2. The highest BCUT2D eigenvalue weighted by Crippen LogP contribution is 2.32. The van der Waals surface area contributed by atoms with Crippen molar-refractivity contribution in [1.29, 1.82) is 0 Å². The Balaban J connectivity index is 1.43. The zero-order valence-electron chi connectivity index (χ0n) is 17.1. The molecule has 3 aromatic rings. The molecule has 154 valence electrons. The molecule has 2 aromatic heterocycles. The largest absolute Gasteiger partial charge is 0.463 e. The maximum atomic E-state index is 13.0. The van der Waals surface area contributed by atoms with Gasteiger partial charge in [0.1, 0.15) is 5.69 Å². The number of piperidine rings is 1. The van der Waals surface area contributed by atoms with E-state index in [1.807, 2.05) is 30.3 Å². The molecule has 1 N–H and O–H groups in total. The van der Waals surface area contributed by atoms with Gasteiger partial charge in [-0.05, 0) is 54.2 Å². The van der Waals surface area contributed by atoms with Gasteiger partial charge in [-0.2, -0.15) is 9.40 Å². The van der Waals surface area contributed by atoms with Gasteiger partial charge in [0.2, 0.25) is 10.0 Å². The number of rotatable bonds is 4. The van der Waals surface area contributed by atoms with E-state index >= 15 is 0 Å². The maximum absolute atomic E-state index is 13.0. The lowest BCUT2D eigenvalue weighted by molar-refractivity contribution is 0.316. The minimum absolute atomic E-state index is 0.000781. The molecule has 7 heteroatoms. The number of H-pyrrole nitrogens is 1. The van der Waals surface area contributed by atoms with Crippen molar-refractivity contribution in [3.05, 3.63) is 60.0 Å². The normalized spacial score (nSPS) is 16.9. The Bertz CT molecular complexity index is 1050. The van der Waals surface area contributed by atoms with Gasteiger partial charge in [0.25, 0.3) is 0 Å². The van der Waals surface area contributed by atoms with E-state index in [1.54, 1.807) is 22.7 Å². The molecule has 0 radical (unpaired) electrons. The van der Waals surface area contributed by atoms with E-state index < -0.39 is 10.0 Å². The Morgan fingerprint density at radius 3 is 2.38 bits per heavy atom. The third kappa shape index (κ3) is 4.02. The van der Waals surface area contributed by atoms with Crippen LogP contribution in [0.3, 0.4) is 0 Å². The first-order valence-corrected chi connectivity index (χ1v) is 11.4. The van der Waals surface area contributed by atoms with Crippen LogP contribution in [0.4, 0.5) is 0 Å². The predicted octanol–water partition coefficient (Wildman–Crippen LogP) is 4.54. The van der Waals surface area contributed by atoms with Gasteiger partial charge in [0, 0.05) is 24.7 Å². The summed E-state index contributed by atoms with van der Waals surface area (Å²) in [6.07, 6.45) is 3.15. The fourth-order valence-corrected chi connectivity index (χ4v) is 5.25. The molecular weight excluding hydrogens is 386 g/mol. The van der Waals surface area contributed by atoms with Crippen molar-refractivity contribution in [2.24, 2.45) is 0 Å². The summed E-state index contributed by atoms with van der Waals surface area (Å²) in [5.74, 6) is 0.993. The predicted molar refractivity (Wildman–Crippen MR) is 112 cm³/mol. The van der Waals surface area contributed by atoms with E-state index in [0.29, 0.717) is 18.0 Å². The summed E-state index contributed by atoms with van der Waals surface area (Å²) in [4.78, 5) is 0.366. The Labute approximate surface area is 172 Å². The monoisotopic (exact) mass is 413 g/mol. The van der Waals surface area contributed by atoms with Crippen LogP contribution in [0.2, 0.25) is 0 Å². The maximum Gasteiger partial charge on any atom is 0.243 e. The molecule has 0 unspecified atom stereocenters. The van der Waals surface area contributed by atoms with Crippen LogP contribution in [0, 0.1) is 0 Å². The molecule has 1 fully saturated rings. The van der Waals surface area contributed by atoms with Gasteiger partial charge in [0.05, 0.1) is 11.2 Å². The van der Waals surface area contributed by atoms with Crippen molar-refractivity contribution < 1.29 is 12.8 Å². The van der Waals surface area contributed by atoms with Crippen molar-refractivity contribution in [3.8, 4) is 11.5 Å². The van der Waals surface area contributed by atoms with E-state index in [4.69, 9.17) is 4.42 Å². The van der Waals surface area contributed by atoms with Crippen molar-refractivity contribution in [2.45, 2.75) is 49.8 Å². The first kappa shape index (κ1) is 19.9. The van der Waals surface area contributed by atoms with Crippen molar-refractivity contribution >= 4 is 10.0 Å². The van der Waals surface area contributed by atoms with E-state index in [2.05, 4.69) is 31.0 Å². The van der Waals surface area contributed by atoms with E-state index in [1.165, 1.54) is 0 Å². The first-order chi connectivity index (χ1) is 13.7. The summed E-state index contributed by atoms with van der Waals surface area (Å²) in [7, 11) is -3.47. The molecule has 6 nitrogen and oxygen atoms in total. The smallest absolute Gasteiger partial charge is 0.243 e. The van der Waals surface area contributed by atoms with Crippen LogP contribution in [-0.4, -0.2) is 36.0 Å². The molecule has 1 saturated heterocycles. The molecule has 0 aliphatic carbocycles. The molecule has 4 rings (SSSR count). The molecule has 0 spiro atoms. The summed E-state index contributed by atoms with van der Waals surface area (Å²) in [5.41, 5.74) is 2.93. The minimum Gasteiger partial charge on any atom is -0.463 e. The lowest BCUT2D eigenvalue weighted by atomic mass is 9.87. The van der Waals surface area contributed by atoms with Gasteiger partial charge in [-0.25, -0.2) is 8.42 Å². The quantitative estimate of drug-likeness (QED) is 0.681. The molecule has 3 heterocycles. The van der Waals surface area contributed by atoms with Crippen molar-refractivity contribution in [1.82, 2.24) is 14.5 Å². The number of aromatic amines is 1.